The minimum atomic E-state index is -0.991. The van der Waals surface area contributed by atoms with Crippen LogP contribution in [0.4, 0.5) is 4.79 Å². The molecule has 236 valence electrons. The number of rotatable bonds is 4. The number of amides is 8. The lowest BCUT2D eigenvalue weighted by Crippen LogP contribution is -2.74. The molecule has 2 N–H and O–H groups in total. The van der Waals surface area contributed by atoms with Crippen LogP contribution in [0, 0.1) is 0 Å². The molecular formula is C31H28N6O7S2. The summed E-state index contributed by atoms with van der Waals surface area (Å²) in [6.07, 6.45) is -1.54. The van der Waals surface area contributed by atoms with E-state index in [1.807, 2.05) is 27.7 Å². The fraction of sp³-hybridized carbons (Fsp3) is 0.387. The minimum Gasteiger partial charge on any atom is -0.316 e. The van der Waals surface area contributed by atoms with Crippen molar-refractivity contribution in [1.82, 2.24) is 30.2 Å². The molecule has 0 bridgehead atoms. The molecule has 6 atom stereocenters. The molecule has 6 aliphatic heterocycles. The van der Waals surface area contributed by atoms with Crippen molar-refractivity contribution in [3.63, 3.8) is 0 Å². The van der Waals surface area contributed by atoms with Crippen LogP contribution in [0.2, 0.25) is 0 Å². The summed E-state index contributed by atoms with van der Waals surface area (Å²) in [5.74, 6) is -2.94. The monoisotopic (exact) mass is 660 g/mol. The zero-order valence-electron chi connectivity index (χ0n) is 25.0. The van der Waals surface area contributed by atoms with Gasteiger partial charge in [0.1, 0.15) is 35.2 Å². The average molecular weight is 661 g/mol. The van der Waals surface area contributed by atoms with Crippen LogP contribution in [-0.2, 0) is 9.59 Å². The van der Waals surface area contributed by atoms with Crippen molar-refractivity contribution < 1.29 is 33.6 Å². The Morgan fingerprint density at radius 3 is 1.20 bits per heavy atom. The highest BCUT2D eigenvalue weighted by Gasteiger charge is 2.68. The maximum Gasteiger partial charge on any atom is 0.318 e. The van der Waals surface area contributed by atoms with Crippen molar-refractivity contribution in [3.05, 3.63) is 70.8 Å². The molecule has 0 aliphatic carbocycles. The molecule has 4 saturated heterocycles. The number of urea groups is 1. The third kappa shape index (κ3) is 3.63. The van der Waals surface area contributed by atoms with Crippen molar-refractivity contribution in [2.45, 2.75) is 72.4 Å². The summed E-state index contributed by atoms with van der Waals surface area (Å²) in [7, 11) is 0. The van der Waals surface area contributed by atoms with E-state index in [9.17, 15) is 33.6 Å². The molecule has 46 heavy (non-hydrogen) atoms. The fourth-order valence-corrected chi connectivity index (χ4v) is 10.6. The van der Waals surface area contributed by atoms with Gasteiger partial charge in [-0.05, 0) is 52.0 Å². The second-order valence-electron chi connectivity index (χ2n) is 13.1. The topological polar surface area (TPSA) is 157 Å². The molecule has 0 spiro atoms. The first kappa shape index (κ1) is 29.1. The molecule has 0 unspecified atom stereocenters. The predicted molar refractivity (Wildman–Crippen MR) is 165 cm³/mol. The van der Waals surface area contributed by atoms with E-state index in [4.69, 9.17) is 0 Å². The van der Waals surface area contributed by atoms with E-state index in [1.165, 1.54) is 33.3 Å². The van der Waals surface area contributed by atoms with E-state index in [0.29, 0.717) is 0 Å². The first-order valence-corrected chi connectivity index (χ1v) is 16.5. The summed E-state index contributed by atoms with van der Waals surface area (Å²) in [5, 5.41) is 4.69. The van der Waals surface area contributed by atoms with Crippen LogP contribution in [0.3, 0.4) is 0 Å². The van der Waals surface area contributed by atoms with Crippen LogP contribution in [0.15, 0.2) is 48.5 Å². The molecule has 8 rings (SSSR count). The summed E-state index contributed by atoms with van der Waals surface area (Å²) in [6, 6.07) is 10.3. The van der Waals surface area contributed by atoms with Crippen LogP contribution in [0.1, 0.15) is 69.1 Å². The molecule has 6 heterocycles. The van der Waals surface area contributed by atoms with E-state index < -0.39 is 86.1 Å². The summed E-state index contributed by atoms with van der Waals surface area (Å²) in [4.78, 5) is 98.0. The van der Waals surface area contributed by atoms with Crippen molar-refractivity contribution in [1.29, 1.82) is 0 Å². The highest BCUT2D eigenvalue weighted by Crippen LogP contribution is 2.53. The Morgan fingerprint density at radius 1 is 0.587 bits per heavy atom. The zero-order chi connectivity index (χ0) is 32.6. The summed E-state index contributed by atoms with van der Waals surface area (Å²) in [6.45, 7) is 7.46. The van der Waals surface area contributed by atoms with Gasteiger partial charge >= 0.3 is 6.03 Å². The third-order valence-corrected chi connectivity index (χ3v) is 12.7. The first-order valence-electron chi connectivity index (χ1n) is 14.8. The molecule has 15 heteroatoms. The van der Waals surface area contributed by atoms with E-state index in [1.54, 1.807) is 48.5 Å². The number of hydrogen-bond donors (Lipinski definition) is 2. The lowest BCUT2D eigenvalue weighted by Gasteiger charge is -2.48. The maximum absolute atomic E-state index is 13.5. The number of benzene rings is 2. The van der Waals surface area contributed by atoms with Crippen LogP contribution in [-0.4, -0.2) is 106 Å². The predicted octanol–water partition coefficient (Wildman–Crippen LogP) is 1.65. The van der Waals surface area contributed by atoms with Gasteiger partial charge in [-0.25, -0.2) is 4.79 Å². The van der Waals surface area contributed by atoms with Crippen molar-refractivity contribution in [2.75, 3.05) is 0 Å². The third-order valence-electron chi connectivity index (χ3n) is 9.57. The van der Waals surface area contributed by atoms with Gasteiger partial charge in [0, 0.05) is 0 Å². The van der Waals surface area contributed by atoms with E-state index >= 15 is 0 Å². The van der Waals surface area contributed by atoms with Crippen molar-refractivity contribution in [2.24, 2.45) is 0 Å². The largest absolute Gasteiger partial charge is 0.318 e. The Bertz CT molecular complexity index is 1650. The van der Waals surface area contributed by atoms with Crippen molar-refractivity contribution in [3.8, 4) is 0 Å². The minimum absolute atomic E-state index is 0.260. The first-order chi connectivity index (χ1) is 21.7. The van der Waals surface area contributed by atoms with Gasteiger partial charge in [-0.15, -0.1) is 23.5 Å². The van der Waals surface area contributed by atoms with Crippen LogP contribution in [0.25, 0.3) is 0 Å². The second kappa shape index (κ2) is 9.35. The number of imide groups is 2. The summed E-state index contributed by atoms with van der Waals surface area (Å²) < 4.78 is -1.37. The molecule has 6 aliphatic rings. The molecule has 4 fully saturated rings. The Hall–Kier alpha value is -4.37. The van der Waals surface area contributed by atoms with Gasteiger partial charge in [0.25, 0.3) is 35.4 Å². The quantitative estimate of drug-likeness (QED) is 0.368. The number of thioether (sulfide) groups is 2. The molecule has 2 aromatic rings. The highest BCUT2D eigenvalue weighted by molar-refractivity contribution is 8.02. The van der Waals surface area contributed by atoms with E-state index in [0.717, 1.165) is 9.80 Å². The number of nitrogens with zero attached hydrogens (tertiary/aromatic N) is 4. The van der Waals surface area contributed by atoms with Gasteiger partial charge in [0.15, 0.2) is 0 Å². The SMILES string of the molecule is CC1(C)S[C@@H]2[C@H](N3C(=O)c4ccccc4C3=O)C(=O)N2[C@H]1NC(=O)N[C@@H]1N2C(=O)[C@@H](N3C(=O)c4ccccc4C3=O)[C@H]2SC1(C)C. The Kier molecular flexibility index (Phi) is 5.90. The number of fused-ring (bicyclic) bond motifs is 4. The lowest BCUT2D eigenvalue weighted by molar-refractivity contribution is -0.153. The van der Waals surface area contributed by atoms with E-state index in [2.05, 4.69) is 10.6 Å². The Balaban J connectivity index is 0.968. The fourth-order valence-electron chi connectivity index (χ4n) is 7.33. The van der Waals surface area contributed by atoms with E-state index in [-0.39, 0.29) is 22.3 Å². The molecule has 13 nitrogen and oxygen atoms in total. The maximum atomic E-state index is 13.5. The standard InChI is InChI=1S/C31H28N6O7S2/c1-30(2)27(36-23(42)17(25(36)45-30)34-19(38)13-9-5-6-10-14(13)20(34)39)32-29(44)33-28-31(3,4)46-26-18(24(43)37(26)28)35-21(40)15-11-7-8-12-16(15)22(35)41/h5-12,17-18,25-28H,1-4H3,(H2,32,33,44)/t17-,18-,25-,26-,27-,28-/m1/s1. The Morgan fingerprint density at radius 2 is 0.891 bits per heavy atom. The number of carbonyl (C=O) groups excluding carboxylic acids is 7. The van der Waals surface area contributed by atoms with Gasteiger partial charge in [0.2, 0.25) is 0 Å². The molecular weight excluding hydrogens is 633 g/mol. The zero-order valence-corrected chi connectivity index (χ0v) is 26.7. The molecule has 8 amide bonds. The average Bonchev–Trinajstić information content (AvgIpc) is 3.59. The molecule has 0 saturated carbocycles. The lowest BCUT2D eigenvalue weighted by atomic mass is 9.99. The highest BCUT2D eigenvalue weighted by atomic mass is 32.2. The summed E-state index contributed by atoms with van der Waals surface area (Å²) in [5.41, 5.74) is 1.04. The normalized spacial score (nSPS) is 31.4. The van der Waals surface area contributed by atoms with Gasteiger partial charge in [-0.2, -0.15) is 0 Å². The van der Waals surface area contributed by atoms with Gasteiger partial charge in [-0.1, -0.05) is 24.3 Å². The van der Waals surface area contributed by atoms with Gasteiger partial charge < -0.3 is 20.4 Å². The van der Waals surface area contributed by atoms with Crippen LogP contribution >= 0.6 is 23.5 Å². The number of hydrogen-bond acceptors (Lipinski definition) is 9. The number of β-lactam (4-membered cyclic amide) rings is 2. The molecule has 2 aromatic carbocycles. The Labute approximate surface area is 271 Å². The smallest absolute Gasteiger partial charge is 0.316 e. The van der Waals surface area contributed by atoms with Crippen LogP contribution in [0.5, 0.6) is 0 Å². The molecule has 0 aromatic heterocycles. The second-order valence-corrected chi connectivity index (χ2v) is 16.6. The van der Waals surface area contributed by atoms with Crippen LogP contribution < -0.4 is 10.6 Å². The number of nitrogens with one attached hydrogen (secondary N) is 2. The van der Waals surface area contributed by atoms with Gasteiger partial charge in [0.05, 0.1) is 31.7 Å². The summed E-state index contributed by atoms with van der Waals surface area (Å²) >= 11 is 2.78. The number of carbonyl (C=O) groups is 7. The van der Waals surface area contributed by atoms with Crippen molar-refractivity contribution >= 4 is 65.0 Å². The molecule has 0 radical (unpaired) electrons. The van der Waals surface area contributed by atoms with Gasteiger partial charge in [-0.3, -0.25) is 38.6 Å².